The Balaban J connectivity index is 2.31. The Hall–Kier alpha value is -1.19. The highest BCUT2D eigenvalue weighted by molar-refractivity contribution is 7.09. The minimum Gasteiger partial charge on any atom is -0.304 e. The Labute approximate surface area is 132 Å². The summed E-state index contributed by atoms with van der Waals surface area (Å²) in [4.78, 5) is 4.89. The first-order chi connectivity index (χ1) is 9.91. The summed E-state index contributed by atoms with van der Waals surface area (Å²) in [6, 6.07) is 8.97. The normalized spacial score (nSPS) is 13.4. The maximum Gasteiger partial charge on any atom is 0.114 e. The van der Waals surface area contributed by atoms with Crippen molar-refractivity contribution in [1.29, 1.82) is 0 Å². The Bertz CT molecular complexity index is 564. The van der Waals surface area contributed by atoms with Gasteiger partial charge in [-0.2, -0.15) is 0 Å². The molecule has 0 aliphatic rings. The molecule has 1 aromatic carbocycles. The summed E-state index contributed by atoms with van der Waals surface area (Å²) < 4.78 is 0. The summed E-state index contributed by atoms with van der Waals surface area (Å²) in [5.74, 6) is 0. The number of nitrogens with one attached hydrogen (secondary N) is 1. The second-order valence-electron chi connectivity index (χ2n) is 6.62. The van der Waals surface area contributed by atoms with Crippen molar-refractivity contribution < 1.29 is 0 Å². The van der Waals surface area contributed by atoms with Gasteiger partial charge in [-0.05, 0) is 25.5 Å². The van der Waals surface area contributed by atoms with E-state index in [-0.39, 0.29) is 11.5 Å². The highest BCUT2D eigenvalue weighted by atomic mass is 32.1. The van der Waals surface area contributed by atoms with Crippen LogP contribution in [0.3, 0.4) is 0 Å². The van der Waals surface area contributed by atoms with Crippen molar-refractivity contribution in [1.82, 2.24) is 10.3 Å². The number of thiazole rings is 1. The second kappa shape index (κ2) is 6.71. The smallest absolute Gasteiger partial charge is 0.114 e. The minimum atomic E-state index is 0.108. The second-order valence-corrected chi connectivity index (χ2v) is 7.51. The highest BCUT2D eigenvalue weighted by Crippen LogP contribution is 2.30. The number of hydrogen-bond acceptors (Lipinski definition) is 3. The van der Waals surface area contributed by atoms with Gasteiger partial charge < -0.3 is 5.32 Å². The van der Waals surface area contributed by atoms with Gasteiger partial charge in [-0.3, -0.25) is 0 Å². The molecule has 0 fully saturated rings. The van der Waals surface area contributed by atoms with Crippen LogP contribution in [-0.2, 0) is 5.41 Å². The van der Waals surface area contributed by atoms with Crippen LogP contribution in [0.1, 0.15) is 62.0 Å². The third-order valence-corrected chi connectivity index (χ3v) is 4.46. The SMILES string of the molecule is CCCNC(c1ccc(C)cc1)c1nc(C(C)(C)C)cs1. The fourth-order valence-electron chi connectivity index (χ4n) is 2.16. The van der Waals surface area contributed by atoms with Gasteiger partial charge in [0.2, 0.25) is 0 Å². The molecule has 2 rings (SSSR count). The molecule has 1 aromatic heterocycles. The van der Waals surface area contributed by atoms with Crippen molar-refractivity contribution >= 4 is 11.3 Å². The van der Waals surface area contributed by atoms with Crippen molar-refractivity contribution in [2.45, 2.75) is 52.5 Å². The average molecular weight is 302 g/mol. The number of benzene rings is 1. The van der Waals surface area contributed by atoms with Crippen LogP contribution < -0.4 is 5.32 Å². The maximum atomic E-state index is 4.89. The van der Waals surface area contributed by atoms with Crippen LogP contribution in [0.2, 0.25) is 0 Å². The molecule has 0 spiro atoms. The van der Waals surface area contributed by atoms with Crippen LogP contribution in [0.5, 0.6) is 0 Å². The third-order valence-electron chi connectivity index (χ3n) is 3.55. The first-order valence-electron chi connectivity index (χ1n) is 7.67. The van der Waals surface area contributed by atoms with E-state index in [1.165, 1.54) is 16.8 Å². The van der Waals surface area contributed by atoms with Crippen LogP contribution >= 0.6 is 11.3 Å². The summed E-state index contributed by atoms with van der Waals surface area (Å²) >= 11 is 1.76. The zero-order chi connectivity index (χ0) is 15.5. The number of aromatic nitrogens is 1. The third kappa shape index (κ3) is 4.14. The van der Waals surface area contributed by atoms with Gasteiger partial charge in [0.25, 0.3) is 0 Å². The van der Waals surface area contributed by atoms with Crippen LogP contribution in [0, 0.1) is 6.92 Å². The first-order valence-corrected chi connectivity index (χ1v) is 8.55. The van der Waals surface area contributed by atoms with Gasteiger partial charge in [-0.15, -0.1) is 11.3 Å². The van der Waals surface area contributed by atoms with Crippen molar-refractivity contribution in [2.75, 3.05) is 6.54 Å². The average Bonchev–Trinajstić information content (AvgIpc) is 2.91. The van der Waals surface area contributed by atoms with E-state index in [0.29, 0.717) is 0 Å². The summed E-state index contributed by atoms with van der Waals surface area (Å²) in [6.07, 6.45) is 1.12. The highest BCUT2D eigenvalue weighted by Gasteiger charge is 2.22. The predicted molar refractivity (Wildman–Crippen MR) is 92.1 cm³/mol. The summed E-state index contributed by atoms with van der Waals surface area (Å²) in [5, 5.41) is 7.00. The molecule has 2 nitrogen and oxygen atoms in total. The Morgan fingerprint density at radius 3 is 2.38 bits per heavy atom. The van der Waals surface area contributed by atoms with Gasteiger partial charge in [0.1, 0.15) is 5.01 Å². The molecule has 3 heteroatoms. The van der Waals surface area contributed by atoms with E-state index in [2.05, 4.69) is 69.6 Å². The molecule has 0 amide bonds. The lowest BCUT2D eigenvalue weighted by Gasteiger charge is -2.18. The topological polar surface area (TPSA) is 24.9 Å². The molecule has 0 saturated heterocycles. The van der Waals surface area contributed by atoms with Crippen molar-refractivity contribution in [2.24, 2.45) is 0 Å². The number of aryl methyl sites for hydroxylation is 1. The lowest BCUT2D eigenvalue weighted by molar-refractivity contribution is 0.557. The van der Waals surface area contributed by atoms with Gasteiger partial charge in [0.05, 0.1) is 11.7 Å². The molecular weight excluding hydrogens is 276 g/mol. The van der Waals surface area contributed by atoms with E-state index >= 15 is 0 Å². The Morgan fingerprint density at radius 2 is 1.86 bits per heavy atom. The summed E-state index contributed by atoms with van der Waals surface area (Å²) in [7, 11) is 0. The Morgan fingerprint density at radius 1 is 1.19 bits per heavy atom. The van der Waals surface area contributed by atoms with Crippen molar-refractivity contribution in [3.8, 4) is 0 Å². The minimum absolute atomic E-state index is 0.108. The molecule has 2 aromatic rings. The predicted octanol–water partition coefficient (Wildman–Crippen LogP) is 4.84. The van der Waals surface area contributed by atoms with Crippen LogP contribution in [-0.4, -0.2) is 11.5 Å². The number of hydrogen-bond donors (Lipinski definition) is 1. The van der Waals surface area contributed by atoms with Gasteiger partial charge in [0, 0.05) is 10.8 Å². The molecule has 21 heavy (non-hydrogen) atoms. The van der Waals surface area contributed by atoms with Gasteiger partial charge in [-0.1, -0.05) is 57.5 Å². The molecule has 1 N–H and O–H groups in total. The lowest BCUT2D eigenvalue weighted by Crippen LogP contribution is -2.23. The zero-order valence-corrected chi connectivity index (χ0v) is 14.6. The molecular formula is C18H26N2S. The van der Waals surface area contributed by atoms with E-state index in [4.69, 9.17) is 4.98 Å². The van der Waals surface area contributed by atoms with E-state index in [9.17, 15) is 0 Å². The number of nitrogens with zero attached hydrogens (tertiary/aromatic N) is 1. The van der Waals surface area contributed by atoms with Crippen LogP contribution in [0.4, 0.5) is 0 Å². The summed E-state index contributed by atoms with van der Waals surface area (Å²) in [6.45, 7) is 12.0. The summed E-state index contributed by atoms with van der Waals surface area (Å²) in [5.41, 5.74) is 3.88. The zero-order valence-electron chi connectivity index (χ0n) is 13.7. The molecule has 0 bridgehead atoms. The molecule has 1 heterocycles. The lowest BCUT2D eigenvalue weighted by atomic mass is 9.93. The van der Waals surface area contributed by atoms with Crippen LogP contribution in [0.15, 0.2) is 29.6 Å². The van der Waals surface area contributed by atoms with Crippen molar-refractivity contribution in [3.63, 3.8) is 0 Å². The molecule has 114 valence electrons. The van der Waals surface area contributed by atoms with Gasteiger partial charge in [-0.25, -0.2) is 4.98 Å². The molecule has 0 saturated carbocycles. The fraction of sp³-hybridized carbons (Fsp3) is 0.500. The monoisotopic (exact) mass is 302 g/mol. The standard InChI is InChI=1S/C18H26N2S/c1-6-11-19-16(14-9-7-13(2)8-10-14)17-20-15(12-21-17)18(3,4)5/h7-10,12,16,19H,6,11H2,1-5H3. The molecule has 0 aliphatic heterocycles. The largest absolute Gasteiger partial charge is 0.304 e. The van der Waals surface area contributed by atoms with Crippen molar-refractivity contribution in [3.05, 3.63) is 51.5 Å². The van der Waals surface area contributed by atoms with Crippen LogP contribution in [0.25, 0.3) is 0 Å². The van der Waals surface area contributed by atoms with E-state index in [0.717, 1.165) is 18.0 Å². The fourth-order valence-corrected chi connectivity index (χ4v) is 3.31. The molecule has 0 radical (unpaired) electrons. The Kier molecular flexibility index (Phi) is 5.17. The molecule has 0 aliphatic carbocycles. The maximum absolute atomic E-state index is 4.89. The van der Waals surface area contributed by atoms with E-state index < -0.39 is 0 Å². The molecule has 1 unspecified atom stereocenters. The van der Waals surface area contributed by atoms with E-state index in [1.807, 2.05) is 0 Å². The quantitative estimate of drug-likeness (QED) is 0.855. The first kappa shape index (κ1) is 16.2. The van der Waals surface area contributed by atoms with Gasteiger partial charge in [0.15, 0.2) is 0 Å². The van der Waals surface area contributed by atoms with E-state index in [1.54, 1.807) is 11.3 Å². The molecule has 1 atom stereocenters. The number of rotatable bonds is 5. The van der Waals surface area contributed by atoms with Gasteiger partial charge >= 0.3 is 0 Å².